The van der Waals surface area contributed by atoms with Crippen molar-refractivity contribution >= 4 is 16.8 Å². The number of aromatic nitrogens is 3. The van der Waals surface area contributed by atoms with Gasteiger partial charge < -0.3 is 19.4 Å². The van der Waals surface area contributed by atoms with Crippen LogP contribution in [0.3, 0.4) is 0 Å². The van der Waals surface area contributed by atoms with Gasteiger partial charge in [0.25, 0.3) is 0 Å². The predicted octanol–water partition coefficient (Wildman–Crippen LogP) is 2.03. The predicted molar refractivity (Wildman–Crippen MR) is 99.2 cm³/mol. The molecular weight excluding hydrogens is 314 g/mol. The summed E-state index contributed by atoms with van der Waals surface area (Å²) in [5.41, 5.74) is 3.17. The van der Waals surface area contributed by atoms with E-state index in [9.17, 15) is 4.79 Å². The van der Waals surface area contributed by atoms with Crippen LogP contribution >= 0.6 is 0 Å². The van der Waals surface area contributed by atoms with Gasteiger partial charge in [-0.3, -0.25) is 4.79 Å². The molecule has 6 heteroatoms. The smallest absolute Gasteiger partial charge is 0.227 e. The fraction of sp³-hybridized carbons (Fsp3) is 0.368. The van der Waals surface area contributed by atoms with E-state index in [2.05, 4.69) is 37.8 Å². The lowest BCUT2D eigenvalue weighted by atomic mass is 10.1. The molecule has 0 fully saturated rings. The Balaban J connectivity index is 1.78. The van der Waals surface area contributed by atoms with Crippen LogP contribution < -0.4 is 0 Å². The number of aromatic amines is 1. The summed E-state index contributed by atoms with van der Waals surface area (Å²) in [4.78, 5) is 24.1. The lowest BCUT2D eigenvalue weighted by molar-refractivity contribution is -0.131. The normalized spacial score (nSPS) is 11.4. The van der Waals surface area contributed by atoms with E-state index in [1.807, 2.05) is 38.2 Å². The lowest BCUT2D eigenvalue weighted by Gasteiger charge is -2.24. The number of imidazole rings is 1. The number of carbonyl (C=O) groups is 1. The average Bonchev–Trinajstić information content (AvgIpc) is 3.20. The Hall–Kier alpha value is -2.60. The molecule has 1 N–H and O–H groups in total. The number of benzene rings is 1. The Morgan fingerprint density at radius 3 is 2.76 bits per heavy atom. The summed E-state index contributed by atoms with van der Waals surface area (Å²) in [6, 6.07) is 8.20. The van der Waals surface area contributed by atoms with Gasteiger partial charge in [-0.15, -0.1) is 0 Å². The molecule has 25 heavy (non-hydrogen) atoms. The summed E-state index contributed by atoms with van der Waals surface area (Å²) < 4.78 is 2.08. The molecule has 3 aromatic rings. The summed E-state index contributed by atoms with van der Waals surface area (Å²) in [5, 5.41) is 1.15. The van der Waals surface area contributed by atoms with Crippen LogP contribution in [0, 0.1) is 0 Å². The Morgan fingerprint density at radius 2 is 2.04 bits per heavy atom. The lowest BCUT2D eigenvalue weighted by Crippen LogP contribution is -2.37. The highest BCUT2D eigenvalue weighted by molar-refractivity contribution is 5.89. The summed E-state index contributed by atoms with van der Waals surface area (Å²) in [5.74, 6) is 0.132. The van der Waals surface area contributed by atoms with Crippen molar-refractivity contribution in [1.29, 1.82) is 0 Å². The van der Waals surface area contributed by atoms with Crippen molar-refractivity contribution in [3.05, 3.63) is 54.2 Å². The SMILES string of the molecule is CN(C)CCN(Cc1cnc[nH]1)C(=O)Cc1cn(C)c2ccccc12. The zero-order valence-electron chi connectivity index (χ0n) is 15.1. The van der Waals surface area contributed by atoms with Crippen LogP contribution in [0.5, 0.6) is 0 Å². The number of likely N-dealkylation sites (N-methyl/N-ethyl adjacent to an activating group) is 1. The summed E-state index contributed by atoms with van der Waals surface area (Å²) in [7, 11) is 6.05. The molecule has 2 heterocycles. The minimum absolute atomic E-state index is 0.132. The van der Waals surface area contributed by atoms with Crippen molar-refractivity contribution in [1.82, 2.24) is 24.3 Å². The largest absolute Gasteiger partial charge is 0.350 e. The Morgan fingerprint density at radius 1 is 1.24 bits per heavy atom. The van der Waals surface area contributed by atoms with Crippen molar-refractivity contribution in [2.24, 2.45) is 7.05 Å². The third-order valence-electron chi connectivity index (χ3n) is 4.41. The Labute approximate surface area is 148 Å². The monoisotopic (exact) mass is 339 g/mol. The number of amides is 1. The maximum atomic E-state index is 13.0. The maximum absolute atomic E-state index is 13.0. The molecule has 132 valence electrons. The zero-order valence-corrected chi connectivity index (χ0v) is 15.1. The first kappa shape index (κ1) is 17.2. The van der Waals surface area contributed by atoms with Crippen LogP contribution in [0.25, 0.3) is 10.9 Å². The zero-order chi connectivity index (χ0) is 17.8. The summed E-state index contributed by atoms with van der Waals surface area (Å²) >= 11 is 0. The minimum atomic E-state index is 0.132. The molecule has 0 saturated carbocycles. The van der Waals surface area contributed by atoms with Crippen molar-refractivity contribution in [3.63, 3.8) is 0 Å². The number of nitrogens with zero attached hydrogens (tertiary/aromatic N) is 4. The quantitative estimate of drug-likeness (QED) is 0.717. The molecule has 0 bridgehead atoms. The highest BCUT2D eigenvalue weighted by Gasteiger charge is 2.18. The second-order valence-corrected chi connectivity index (χ2v) is 6.65. The highest BCUT2D eigenvalue weighted by atomic mass is 16.2. The van der Waals surface area contributed by atoms with Crippen LogP contribution in [0.4, 0.5) is 0 Å². The number of para-hydroxylation sites is 1. The first-order valence-corrected chi connectivity index (χ1v) is 8.47. The number of fused-ring (bicyclic) bond motifs is 1. The molecule has 0 saturated heterocycles. The van der Waals surface area contributed by atoms with Crippen molar-refractivity contribution in [2.75, 3.05) is 27.2 Å². The number of nitrogens with one attached hydrogen (secondary N) is 1. The molecular formula is C19H25N5O. The molecule has 6 nitrogen and oxygen atoms in total. The molecule has 1 aromatic carbocycles. The van der Waals surface area contributed by atoms with E-state index in [4.69, 9.17) is 0 Å². The van der Waals surface area contributed by atoms with Gasteiger partial charge in [0.05, 0.1) is 25.0 Å². The second-order valence-electron chi connectivity index (χ2n) is 6.65. The maximum Gasteiger partial charge on any atom is 0.227 e. The standard InChI is InChI=1S/C19H25N5O/c1-22(2)8-9-24(13-16-11-20-14-21-16)19(25)10-15-12-23(3)18-7-5-4-6-17(15)18/h4-7,11-12,14H,8-10,13H2,1-3H3,(H,20,21). The van der Waals surface area contributed by atoms with Crippen LogP contribution in [0.2, 0.25) is 0 Å². The second kappa shape index (κ2) is 7.53. The van der Waals surface area contributed by atoms with E-state index >= 15 is 0 Å². The fourth-order valence-corrected chi connectivity index (χ4v) is 3.03. The van der Waals surface area contributed by atoms with Gasteiger partial charge in [-0.2, -0.15) is 0 Å². The molecule has 0 radical (unpaired) electrons. The number of rotatable bonds is 7. The summed E-state index contributed by atoms with van der Waals surface area (Å²) in [6.07, 6.45) is 5.88. The topological polar surface area (TPSA) is 57.2 Å². The minimum Gasteiger partial charge on any atom is -0.350 e. The highest BCUT2D eigenvalue weighted by Crippen LogP contribution is 2.21. The van der Waals surface area contributed by atoms with Gasteiger partial charge >= 0.3 is 0 Å². The van der Waals surface area contributed by atoms with Gasteiger partial charge in [0, 0.05) is 43.4 Å². The molecule has 0 aliphatic rings. The Bertz CT molecular complexity index is 835. The van der Waals surface area contributed by atoms with E-state index in [0.717, 1.165) is 28.7 Å². The number of hydrogen-bond donors (Lipinski definition) is 1. The summed E-state index contributed by atoms with van der Waals surface area (Å²) in [6.45, 7) is 2.07. The van der Waals surface area contributed by atoms with Gasteiger partial charge in [-0.1, -0.05) is 18.2 Å². The van der Waals surface area contributed by atoms with Crippen LogP contribution in [-0.2, 0) is 24.8 Å². The van der Waals surface area contributed by atoms with Crippen LogP contribution in [0.1, 0.15) is 11.3 Å². The van der Waals surface area contributed by atoms with Gasteiger partial charge in [-0.05, 0) is 25.7 Å². The molecule has 0 spiro atoms. The van der Waals surface area contributed by atoms with E-state index in [1.165, 1.54) is 0 Å². The molecule has 0 atom stereocenters. The number of carbonyl (C=O) groups excluding carboxylic acids is 1. The van der Waals surface area contributed by atoms with Gasteiger partial charge in [0.2, 0.25) is 5.91 Å². The molecule has 0 aliphatic heterocycles. The molecule has 2 aromatic heterocycles. The molecule has 1 amide bonds. The third-order valence-corrected chi connectivity index (χ3v) is 4.41. The van der Waals surface area contributed by atoms with Gasteiger partial charge in [0.1, 0.15) is 0 Å². The first-order chi connectivity index (χ1) is 12.0. The van der Waals surface area contributed by atoms with E-state index in [0.29, 0.717) is 19.5 Å². The van der Waals surface area contributed by atoms with E-state index < -0.39 is 0 Å². The number of H-pyrrole nitrogens is 1. The van der Waals surface area contributed by atoms with Crippen molar-refractivity contribution in [2.45, 2.75) is 13.0 Å². The first-order valence-electron chi connectivity index (χ1n) is 8.47. The van der Waals surface area contributed by atoms with Crippen LogP contribution in [0.15, 0.2) is 43.0 Å². The number of aryl methyl sites for hydroxylation is 1. The van der Waals surface area contributed by atoms with Crippen molar-refractivity contribution < 1.29 is 4.79 Å². The molecule has 0 aliphatic carbocycles. The molecule has 0 unspecified atom stereocenters. The van der Waals surface area contributed by atoms with E-state index in [1.54, 1.807) is 12.5 Å². The fourth-order valence-electron chi connectivity index (χ4n) is 3.03. The third kappa shape index (κ3) is 4.09. The van der Waals surface area contributed by atoms with Gasteiger partial charge in [-0.25, -0.2) is 4.98 Å². The van der Waals surface area contributed by atoms with E-state index in [-0.39, 0.29) is 5.91 Å². The Kier molecular flexibility index (Phi) is 5.19. The number of hydrogen-bond acceptors (Lipinski definition) is 3. The van der Waals surface area contributed by atoms with Gasteiger partial charge in [0.15, 0.2) is 0 Å². The van der Waals surface area contributed by atoms with Crippen LogP contribution in [-0.4, -0.2) is 57.4 Å². The van der Waals surface area contributed by atoms with Crippen molar-refractivity contribution in [3.8, 4) is 0 Å². The average molecular weight is 339 g/mol. The molecule has 3 rings (SSSR count).